The highest BCUT2D eigenvalue weighted by Gasteiger charge is 2.22. The quantitative estimate of drug-likeness (QED) is 0.662. The number of nitrogens with zero attached hydrogens (tertiary/aromatic N) is 1. The summed E-state index contributed by atoms with van der Waals surface area (Å²) in [7, 11) is 0. The summed E-state index contributed by atoms with van der Waals surface area (Å²) in [6.45, 7) is 1.47. The molecule has 0 bridgehead atoms. The van der Waals surface area contributed by atoms with E-state index >= 15 is 0 Å². The summed E-state index contributed by atoms with van der Waals surface area (Å²) in [4.78, 5) is 11.9. The lowest BCUT2D eigenvalue weighted by Gasteiger charge is -2.30. The first-order chi connectivity index (χ1) is 6.24. The van der Waals surface area contributed by atoms with Crippen molar-refractivity contribution in [1.29, 1.82) is 0 Å². The number of hydrogen-bond donors (Lipinski definition) is 2. The molecule has 1 aliphatic rings. The van der Waals surface area contributed by atoms with Crippen LogP contribution in [0.1, 0.15) is 12.8 Å². The van der Waals surface area contributed by atoms with E-state index in [1.165, 1.54) is 4.90 Å². The molecule has 1 fully saturated rings. The molecule has 1 rings (SSSR count). The molecule has 1 aliphatic heterocycles. The third-order valence-corrected chi connectivity index (χ3v) is 2.09. The highest BCUT2D eigenvalue weighted by molar-refractivity contribution is 5.65. The number of aliphatic hydroxyl groups is 1. The predicted octanol–water partition coefficient (Wildman–Crippen LogP) is 0.138. The summed E-state index contributed by atoms with van der Waals surface area (Å²) in [5, 5.41) is 17.3. The van der Waals surface area contributed by atoms with Crippen LogP contribution in [0.4, 0.5) is 4.79 Å². The summed E-state index contributed by atoms with van der Waals surface area (Å²) in [6.07, 6.45) is 0.451. The number of carbonyl (C=O) groups is 1. The molecule has 5 nitrogen and oxygen atoms in total. The normalized spacial score (nSPS) is 23.2. The van der Waals surface area contributed by atoms with Crippen LogP contribution in [0.2, 0.25) is 0 Å². The Labute approximate surface area is 76.9 Å². The molecular formula is C8H15NO4. The fourth-order valence-corrected chi connectivity index (χ4v) is 1.39. The van der Waals surface area contributed by atoms with Gasteiger partial charge in [0.05, 0.1) is 19.3 Å². The Morgan fingerprint density at radius 3 is 3.00 bits per heavy atom. The molecule has 0 unspecified atom stereocenters. The van der Waals surface area contributed by atoms with Gasteiger partial charge in [0.1, 0.15) is 0 Å². The second-order valence-electron chi connectivity index (χ2n) is 3.09. The largest absolute Gasteiger partial charge is 0.465 e. The molecule has 0 radical (unpaired) electrons. The number of amides is 1. The minimum Gasteiger partial charge on any atom is -0.465 e. The minimum atomic E-state index is -0.891. The molecule has 0 aromatic carbocycles. The van der Waals surface area contributed by atoms with Crippen molar-refractivity contribution in [3.8, 4) is 0 Å². The Hall–Kier alpha value is -0.810. The molecule has 5 heteroatoms. The van der Waals surface area contributed by atoms with Crippen LogP contribution in [0.15, 0.2) is 0 Å². The fourth-order valence-electron chi connectivity index (χ4n) is 1.39. The van der Waals surface area contributed by atoms with Crippen molar-refractivity contribution in [3.63, 3.8) is 0 Å². The number of ether oxygens (including phenoxy) is 1. The third-order valence-electron chi connectivity index (χ3n) is 2.09. The van der Waals surface area contributed by atoms with Gasteiger partial charge < -0.3 is 19.8 Å². The van der Waals surface area contributed by atoms with E-state index in [2.05, 4.69) is 0 Å². The average Bonchev–Trinajstić information content (AvgIpc) is 2.15. The predicted molar refractivity (Wildman–Crippen MR) is 45.7 cm³/mol. The Bertz CT molecular complexity index is 174. The molecule has 76 valence electrons. The summed E-state index contributed by atoms with van der Waals surface area (Å²) >= 11 is 0. The lowest BCUT2D eigenvalue weighted by Crippen LogP contribution is -2.45. The fraction of sp³-hybridized carbons (Fsp3) is 0.875. The maximum atomic E-state index is 10.6. The van der Waals surface area contributed by atoms with Crippen LogP contribution in [0.3, 0.4) is 0 Å². The van der Waals surface area contributed by atoms with Crippen molar-refractivity contribution in [2.24, 2.45) is 0 Å². The van der Waals surface area contributed by atoms with Crippen LogP contribution in [0, 0.1) is 0 Å². The molecule has 0 spiro atoms. The van der Waals surface area contributed by atoms with Crippen molar-refractivity contribution < 1.29 is 19.7 Å². The molecule has 1 heterocycles. The zero-order valence-corrected chi connectivity index (χ0v) is 7.48. The van der Waals surface area contributed by atoms with Gasteiger partial charge in [0, 0.05) is 13.2 Å². The molecule has 1 amide bonds. The molecule has 0 aliphatic carbocycles. The Morgan fingerprint density at radius 2 is 2.38 bits per heavy atom. The average molecular weight is 189 g/mol. The van der Waals surface area contributed by atoms with Gasteiger partial charge in [-0.05, 0) is 12.8 Å². The van der Waals surface area contributed by atoms with Gasteiger partial charge in [-0.15, -0.1) is 0 Å². The van der Waals surface area contributed by atoms with Gasteiger partial charge in [0.15, 0.2) is 0 Å². The Balaban J connectivity index is 2.29. The standard InChI is InChI=1S/C8H15NO4/c10-4-1-2-7-6-9(8(11)12)3-5-13-7/h7,10H,1-6H2,(H,11,12)/t7-/m1/s1. The third kappa shape index (κ3) is 3.20. The number of carboxylic acid groups (broad SMARTS) is 1. The SMILES string of the molecule is O=C(O)N1CCO[C@H](CCCO)C1. The Morgan fingerprint density at radius 1 is 1.62 bits per heavy atom. The van der Waals surface area contributed by atoms with Crippen LogP contribution in [0.25, 0.3) is 0 Å². The molecule has 0 aromatic rings. The molecule has 1 saturated heterocycles. The van der Waals surface area contributed by atoms with Crippen LogP contribution in [-0.4, -0.2) is 53.6 Å². The van der Waals surface area contributed by atoms with Crippen molar-refractivity contribution in [1.82, 2.24) is 4.90 Å². The number of aliphatic hydroxyl groups excluding tert-OH is 1. The van der Waals surface area contributed by atoms with Gasteiger partial charge in [0.2, 0.25) is 0 Å². The number of morpholine rings is 1. The van der Waals surface area contributed by atoms with Gasteiger partial charge in [0.25, 0.3) is 0 Å². The minimum absolute atomic E-state index is 0.0444. The molecule has 0 saturated carbocycles. The van der Waals surface area contributed by atoms with Crippen LogP contribution < -0.4 is 0 Å². The molecule has 1 atom stereocenters. The second kappa shape index (κ2) is 5.04. The molecule has 13 heavy (non-hydrogen) atoms. The molecular weight excluding hydrogens is 174 g/mol. The maximum Gasteiger partial charge on any atom is 0.407 e. The van der Waals surface area contributed by atoms with Gasteiger partial charge in [-0.2, -0.15) is 0 Å². The first kappa shape index (κ1) is 10.3. The van der Waals surface area contributed by atoms with Gasteiger partial charge >= 0.3 is 6.09 Å². The highest BCUT2D eigenvalue weighted by Crippen LogP contribution is 2.10. The van der Waals surface area contributed by atoms with Crippen molar-refractivity contribution in [3.05, 3.63) is 0 Å². The van der Waals surface area contributed by atoms with Crippen LogP contribution in [-0.2, 0) is 4.74 Å². The van der Waals surface area contributed by atoms with Crippen LogP contribution >= 0.6 is 0 Å². The molecule has 2 N–H and O–H groups in total. The van der Waals surface area contributed by atoms with E-state index in [1.54, 1.807) is 0 Å². The highest BCUT2D eigenvalue weighted by atomic mass is 16.5. The smallest absolute Gasteiger partial charge is 0.407 e. The number of rotatable bonds is 3. The first-order valence-corrected chi connectivity index (χ1v) is 4.44. The van der Waals surface area contributed by atoms with E-state index in [1.807, 2.05) is 0 Å². The van der Waals surface area contributed by atoms with Crippen molar-refractivity contribution in [2.45, 2.75) is 18.9 Å². The van der Waals surface area contributed by atoms with Crippen LogP contribution in [0.5, 0.6) is 0 Å². The van der Waals surface area contributed by atoms with E-state index in [4.69, 9.17) is 14.9 Å². The van der Waals surface area contributed by atoms with E-state index in [9.17, 15) is 4.79 Å². The van der Waals surface area contributed by atoms with E-state index < -0.39 is 6.09 Å². The summed E-state index contributed by atoms with van der Waals surface area (Å²) in [5.74, 6) is 0. The first-order valence-electron chi connectivity index (χ1n) is 4.44. The van der Waals surface area contributed by atoms with Crippen molar-refractivity contribution >= 4 is 6.09 Å². The van der Waals surface area contributed by atoms with E-state index in [0.717, 1.165) is 6.42 Å². The Kier molecular flexibility index (Phi) is 3.98. The topological polar surface area (TPSA) is 70.0 Å². The zero-order chi connectivity index (χ0) is 9.68. The van der Waals surface area contributed by atoms with E-state index in [0.29, 0.717) is 26.1 Å². The van der Waals surface area contributed by atoms with Gasteiger partial charge in [-0.1, -0.05) is 0 Å². The van der Waals surface area contributed by atoms with E-state index in [-0.39, 0.29) is 12.7 Å². The zero-order valence-electron chi connectivity index (χ0n) is 7.48. The lowest BCUT2D eigenvalue weighted by molar-refractivity contribution is -0.0275. The number of hydrogen-bond acceptors (Lipinski definition) is 3. The van der Waals surface area contributed by atoms with Gasteiger partial charge in [-0.25, -0.2) is 4.79 Å². The van der Waals surface area contributed by atoms with Crippen molar-refractivity contribution in [2.75, 3.05) is 26.3 Å². The maximum absolute atomic E-state index is 10.6. The monoisotopic (exact) mass is 189 g/mol. The second-order valence-corrected chi connectivity index (χ2v) is 3.09. The lowest BCUT2D eigenvalue weighted by atomic mass is 10.1. The summed E-state index contributed by atoms with van der Waals surface area (Å²) < 4.78 is 5.34. The van der Waals surface area contributed by atoms with Gasteiger partial charge in [-0.3, -0.25) is 0 Å². The molecule has 0 aromatic heterocycles. The summed E-state index contributed by atoms with van der Waals surface area (Å²) in [6, 6.07) is 0. The summed E-state index contributed by atoms with van der Waals surface area (Å²) in [5.41, 5.74) is 0.